The molecule has 0 spiro atoms. The van der Waals surface area contributed by atoms with Crippen LogP contribution >= 0.6 is 11.3 Å². The zero-order valence-electron chi connectivity index (χ0n) is 20.4. The fourth-order valence-electron chi connectivity index (χ4n) is 4.24. The van der Waals surface area contributed by atoms with E-state index in [4.69, 9.17) is 14.5 Å². The highest BCUT2D eigenvalue weighted by Crippen LogP contribution is 2.38. The van der Waals surface area contributed by atoms with Crippen LogP contribution in [-0.4, -0.2) is 47.7 Å². The molecule has 1 aromatic carbocycles. The van der Waals surface area contributed by atoms with Gasteiger partial charge in [-0.15, -0.1) is 0 Å². The highest BCUT2D eigenvalue weighted by molar-refractivity contribution is 7.07. The predicted molar refractivity (Wildman–Crippen MR) is 135 cm³/mol. The summed E-state index contributed by atoms with van der Waals surface area (Å²) in [5.41, 5.74) is 2.26. The first-order valence-corrected chi connectivity index (χ1v) is 12.2. The van der Waals surface area contributed by atoms with Crippen molar-refractivity contribution in [1.82, 2.24) is 14.5 Å². The standard InChI is InChI=1S/C26H28N4O4S/c1-6-29(7-2)25(32)22-16(3)28-26-30(23(22)19-14-18(33-4)10-11-20(19)34-5)24(31)21(35-26)13-17-9-8-12-27-15-17/h8-15,23H,6-7H2,1-5H3/b21-13+/t23-/m0/s1. The molecule has 2 aromatic heterocycles. The number of ether oxygens (including phenoxy) is 2. The highest BCUT2D eigenvalue weighted by Gasteiger charge is 2.36. The lowest BCUT2D eigenvalue weighted by Gasteiger charge is -2.30. The largest absolute Gasteiger partial charge is 0.497 e. The van der Waals surface area contributed by atoms with E-state index in [0.717, 1.165) is 5.56 Å². The molecule has 4 rings (SSSR count). The Hall–Kier alpha value is -3.72. The number of hydrogen-bond acceptors (Lipinski definition) is 7. The van der Waals surface area contributed by atoms with Crippen LogP contribution in [0.2, 0.25) is 0 Å². The third-order valence-electron chi connectivity index (χ3n) is 6.02. The topological polar surface area (TPSA) is 86.0 Å². The summed E-state index contributed by atoms with van der Waals surface area (Å²) in [6.07, 6.45) is 5.17. The van der Waals surface area contributed by atoms with Gasteiger partial charge in [0.1, 0.15) is 17.5 Å². The van der Waals surface area contributed by atoms with Crippen LogP contribution < -0.4 is 24.4 Å². The molecule has 8 nitrogen and oxygen atoms in total. The summed E-state index contributed by atoms with van der Waals surface area (Å²) < 4.78 is 13.2. The smallest absolute Gasteiger partial charge is 0.271 e. The molecule has 0 unspecified atom stereocenters. The molecule has 1 amide bonds. The Bertz CT molecular complexity index is 1450. The molecule has 0 radical (unpaired) electrons. The van der Waals surface area contributed by atoms with Gasteiger partial charge in [-0.1, -0.05) is 17.4 Å². The van der Waals surface area contributed by atoms with Gasteiger partial charge in [-0.2, -0.15) is 0 Å². The van der Waals surface area contributed by atoms with Gasteiger partial charge in [0.05, 0.1) is 30.0 Å². The van der Waals surface area contributed by atoms with Gasteiger partial charge in [0.25, 0.3) is 11.5 Å². The van der Waals surface area contributed by atoms with Gasteiger partial charge in [0.2, 0.25) is 0 Å². The maximum Gasteiger partial charge on any atom is 0.271 e. The summed E-state index contributed by atoms with van der Waals surface area (Å²) in [7, 11) is 3.15. The molecule has 9 heteroatoms. The Kier molecular flexibility index (Phi) is 7.16. The van der Waals surface area contributed by atoms with E-state index in [9.17, 15) is 9.59 Å². The summed E-state index contributed by atoms with van der Waals surface area (Å²) in [5.74, 6) is 0.993. The third-order valence-corrected chi connectivity index (χ3v) is 7.00. The van der Waals surface area contributed by atoms with Gasteiger partial charge in [-0.25, -0.2) is 4.99 Å². The first-order chi connectivity index (χ1) is 16.9. The number of nitrogens with zero attached hydrogens (tertiary/aromatic N) is 4. The van der Waals surface area contributed by atoms with Crippen LogP contribution in [0.5, 0.6) is 11.5 Å². The molecule has 0 bridgehead atoms. The zero-order valence-corrected chi connectivity index (χ0v) is 21.3. The van der Waals surface area contributed by atoms with Gasteiger partial charge < -0.3 is 14.4 Å². The minimum absolute atomic E-state index is 0.160. The quantitative estimate of drug-likeness (QED) is 0.506. The number of allylic oxidation sites excluding steroid dienone is 1. The van der Waals surface area contributed by atoms with Crippen molar-refractivity contribution in [3.8, 4) is 11.5 Å². The minimum atomic E-state index is -0.722. The Balaban J connectivity index is 2.03. The number of pyridine rings is 1. The molecule has 182 valence electrons. The number of likely N-dealkylation sites (N-methyl/N-ethyl adjacent to an activating group) is 1. The molecule has 35 heavy (non-hydrogen) atoms. The van der Waals surface area contributed by atoms with Crippen LogP contribution in [-0.2, 0) is 4.79 Å². The van der Waals surface area contributed by atoms with Crippen molar-refractivity contribution < 1.29 is 14.3 Å². The van der Waals surface area contributed by atoms with E-state index >= 15 is 0 Å². The lowest BCUT2D eigenvalue weighted by molar-refractivity contribution is -0.127. The average Bonchev–Trinajstić information content (AvgIpc) is 3.18. The molecule has 0 saturated heterocycles. The number of fused-ring (bicyclic) bond motifs is 1. The summed E-state index contributed by atoms with van der Waals surface area (Å²) in [4.78, 5) is 38.6. The lowest BCUT2D eigenvalue weighted by atomic mass is 9.93. The second-order valence-corrected chi connectivity index (χ2v) is 8.96. The van der Waals surface area contributed by atoms with Crippen LogP contribution in [0.3, 0.4) is 0 Å². The summed E-state index contributed by atoms with van der Waals surface area (Å²) in [6, 6.07) is 8.37. The van der Waals surface area contributed by atoms with Crippen molar-refractivity contribution in [3.63, 3.8) is 0 Å². The van der Waals surface area contributed by atoms with Crippen molar-refractivity contribution in [2.75, 3.05) is 27.3 Å². The van der Waals surface area contributed by atoms with E-state index in [1.54, 1.807) is 54.3 Å². The van der Waals surface area contributed by atoms with E-state index in [0.29, 0.717) is 50.8 Å². The first kappa shape index (κ1) is 24.4. The second kappa shape index (κ2) is 10.3. The number of carbonyl (C=O) groups is 1. The molecular formula is C26H28N4O4S. The molecule has 0 fully saturated rings. The summed E-state index contributed by atoms with van der Waals surface area (Å²) in [6.45, 7) is 6.76. The maximum absolute atomic E-state index is 13.8. The fraction of sp³-hybridized carbons (Fsp3) is 0.308. The van der Waals surface area contributed by atoms with Gasteiger partial charge in [-0.05, 0) is 56.7 Å². The minimum Gasteiger partial charge on any atom is -0.497 e. The van der Waals surface area contributed by atoms with Crippen LogP contribution in [0.4, 0.5) is 0 Å². The number of aromatic nitrogens is 2. The summed E-state index contributed by atoms with van der Waals surface area (Å²) in [5, 5.41) is 0. The monoisotopic (exact) mass is 492 g/mol. The van der Waals surface area contributed by atoms with Crippen molar-refractivity contribution >= 4 is 23.3 Å². The molecule has 0 aliphatic carbocycles. The average molecular weight is 493 g/mol. The van der Waals surface area contributed by atoms with Crippen molar-refractivity contribution in [2.24, 2.45) is 4.99 Å². The molecule has 0 N–H and O–H groups in total. The molecule has 1 aliphatic rings. The van der Waals surface area contributed by atoms with Gasteiger partial charge in [0, 0.05) is 31.0 Å². The fourth-order valence-corrected chi connectivity index (χ4v) is 5.28. The molecule has 1 aliphatic heterocycles. The van der Waals surface area contributed by atoms with Crippen LogP contribution in [0.15, 0.2) is 63.8 Å². The Morgan fingerprint density at radius 3 is 2.60 bits per heavy atom. The van der Waals surface area contributed by atoms with Gasteiger partial charge in [-0.3, -0.25) is 19.1 Å². The van der Waals surface area contributed by atoms with E-state index in [1.165, 1.54) is 11.3 Å². The number of methoxy groups -OCH3 is 2. The first-order valence-electron chi connectivity index (χ1n) is 11.4. The molecule has 3 aromatic rings. The lowest BCUT2D eigenvalue weighted by Crippen LogP contribution is -2.43. The molecular weight excluding hydrogens is 464 g/mol. The zero-order chi connectivity index (χ0) is 25.1. The molecule has 3 heterocycles. The number of rotatable bonds is 7. The number of thiazole rings is 1. The normalized spacial score (nSPS) is 15.5. The van der Waals surface area contributed by atoms with Gasteiger partial charge in [0.15, 0.2) is 4.80 Å². The summed E-state index contributed by atoms with van der Waals surface area (Å²) >= 11 is 1.29. The number of hydrogen-bond donors (Lipinski definition) is 0. The van der Waals surface area contributed by atoms with E-state index < -0.39 is 6.04 Å². The van der Waals surface area contributed by atoms with E-state index in [1.807, 2.05) is 39.0 Å². The van der Waals surface area contributed by atoms with E-state index in [-0.39, 0.29) is 11.5 Å². The second-order valence-electron chi connectivity index (χ2n) is 7.95. The maximum atomic E-state index is 13.8. The van der Waals surface area contributed by atoms with E-state index in [2.05, 4.69) is 4.98 Å². The Labute approximate surface area is 207 Å². The third kappa shape index (κ3) is 4.51. The van der Waals surface area contributed by atoms with Gasteiger partial charge >= 0.3 is 0 Å². The molecule has 0 saturated carbocycles. The highest BCUT2D eigenvalue weighted by atomic mass is 32.1. The van der Waals surface area contributed by atoms with Crippen molar-refractivity contribution in [2.45, 2.75) is 26.8 Å². The Morgan fingerprint density at radius 2 is 1.97 bits per heavy atom. The van der Waals surface area contributed by atoms with Crippen molar-refractivity contribution in [1.29, 1.82) is 0 Å². The van der Waals surface area contributed by atoms with Crippen molar-refractivity contribution in [3.05, 3.63) is 84.8 Å². The number of amides is 1. The molecule has 1 atom stereocenters. The van der Waals surface area contributed by atoms with Crippen LogP contribution in [0.25, 0.3) is 6.08 Å². The number of benzene rings is 1. The SMILES string of the molecule is CCN(CC)C(=O)C1=C(C)N=c2s/c(=C/c3cccnc3)c(=O)n2[C@H]1c1cc(OC)ccc1OC. The van der Waals surface area contributed by atoms with Crippen LogP contribution in [0, 0.1) is 0 Å². The van der Waals surface area contributed by atoms with Crippen LogP contribution in [0.1, 0.15) is 37.9 Å². The Morgan fingerprint density at radius 1 is 1.20 bits per heavy atom. The predicted octanol–water partition coefficient (Wildman–Crippen LogP) is 2.52. The number of carbonyl (C=O) groups excluding carboxylic acids is 1.